The number of rotatable bonds is 2. The second kappa shape index (κ2) is 5.41. The van der Waals surface area contributed by atoms with Gasteiger partial charge in [0.05, 0.1) is 12.7 Å². The Kier molecular flexibility index (Phi) is 3.44. The molecule has 0 radical (unpaired) electrons. The molecule has 0 bridgehead atoms. The van der Waals surface area contributed by atoms with E-state index in [-0.39, 0.29) is 5.97 Å². The van der Waals surface area contributed by atoms with Crippen molar-refractivity contribution in [3.05, 3.63) is 65.7 Å². The molecule has 21 heavy (non-hydrogen) atoms. The van der Waals surface area contributed by atoms with Crippen LogP contribution in [0.2, 0.25) is 0 Å². The summed E-state index contributed by atoms with van der Waals surface area (Å²) in [6.45, 7) is 2.01. The molecule has 2 heteroatoms. The van der Waals surface area contributed by atoms with Crippen molar-refractivity contribution in [2.45, 2.75) is 6.92 Å². The van der Waals surface area contributed by atoms with Gasteiger partial charge in [0.15, 0.2) is 0 Å². The van der Waals surface area contributed by atoms with Crippen LogP contribution in [0, 0.1) is 0 Å². The lowest BCUT2D eigenvalue weighted by Crippen LogP contribution is -2.00. The predicted molar refractivity (Wildman–Crippen MR) is 87.5 cm³/mol. The van der Waals surface area contributed by atoms with E-state index < -0.39 is 0 Å². The van der Waals surface area contributed by atoms with E-state index in [2.05, 4.69) is 24.3 Å². The van der Waals surface area contributed by atoms with Gasteiger partial charge in [-0.15, -0.1) is 0 Å². The van der Waals surface area contributed by atoms with Gasteiger partial charge >= 0.3 is 5.97 Å². The predicted octanol–water partition coefficient (Wildman–Crippen LogP) is 4.81. The highest BCUT2D eigenvalue weighted by Gasteiger charge is 2.09. The van der Waals surface area contributed by atoms with Crippen molar-refractivity contribution in [1.82, 2.24) is 0 Å². The lowest BCUT2D eigenvalue weighted by atomic mass is 9.95. The number of hydrogen-bond donors (Lipinski definition) is 0. The quantitative estimate of drug-likeness (QED) is 0.496. The van der Waals surface area contributed by atoms with Crippen LogP contribution in [-0.4, -0.2) is 13.1 Å². The lowest BCUT2D eigenvalue weighted by Gasteiger charge is -2.09. The maximum absolute atomic E-state index is 11.7. The molecule has 0 aliphatic rings. The van der Waals surface area contributed by atoms with Crippen LogP contribution >= 0.6 is 0 Å². The molecule has 3 rings (SSSR count). The Morgan fingerprint density at radius 1 is 1.00 bits per heavy atom. The van der Waals surface area contributed by atoms with Crippen molar-refractivity contribution < 1.29 is 9.53 Å². The molecule has 0 unspecified atom stereocenters. The Hall–Kier alpha value is -2.61. The molecule has 0 amide bonds. The second-order valence-corrected chi connectivity index (χ2v) is 4.94. The number of carbonyl (C=O) groups excluding carboxylic acids is 1. The lowest BCUT2D eigenvalue weighted by molar-refractivity contribution is 0.0601. The largest absolute Gasteiger partial charge is 0.465 e. The van der Waals surface area contributed by atoms with Crippen molar-refractivity contribution in [2.24, 2.45) is 0 Å². The third kappa shape index (κ3) is 2.29. The van der Waals surface area contributed by atoms with Crippen molar-refractivity contribution in [1.29, 1.82) is 0 Å². The van der Waals surface area contributed by atoms with Gasteiger partial charge in [-0.1, -0.05) is 42.5 Å². The fourth-order valence-corrected chi connectivity index (χ4v) is 2.69. The summed E-state index contributed by atoms with van der Waals surface area (Å²) in [5.74, 6) is -0.307. The summed E-state index contributed by atoms with van der Waals surface area (Å²) in [6.07, 6.45) is 4.15. The standard InChI is InChI=1S/C19H16O2/c1-3-6-13-11-14-9-10-15(19(20)21-2)12-18(14)17-8-5-4-7-16(13)17/h3-12H,1-2H3. The number of carbonyl (C=O) groups is 1. The Morgan fingerprint density at radius 2 is 1.76 bits per heavy atom. The Morgan fingerprint density at radius 3 is 2.48 bits per heavy atom. The first-order chi connectivity index (χ1) is 10.2. The third-order valence-corrected chi connectivity index (χ3v) is 3.66. The van der Waals surface area contributed by atoms with E-state index >= 15 is 0 Å². The van der Waals surface area contributed by atoms with Crippen LogP contribution in [0.3, 0.4) is 0 Å². The maximum atomic E-state index is 11.7. The highest BCUT2D eigenvalue weighted by atomic mass is 16.5. The van der Waals surface area contributed by atoms with Crippen LogP contribution in [-0.2, 0) is 4.74 Å². The average molecular weight is 276 g/mol. The van der Waals surface area contributed by atoms with Crippen molar-refractivity contribution in [2.75, 3.05) is 7.11 Å². The summed E-state index contributed by atoms with van der Waals surface area (Å²) in [5, 5.41) is 4.52. The minimum Gasteiger partial charge on any atom is -0.465 e. The van der Waals surface area contributed by atoms with Gasteiger partial charge in [-0.2, -0.15) is 0 Å². The molecule has 0 atom stereocenters. The summed E-state index contributed by atoms with van der Waals surface area (Å²) in [6, 6.07) is 16.1. The Balaban J connectivity index is 2.39. The van der Waals surface area contributed by atoms with Gasteiger partial charge < -0.3 is 4.74 Å². The van der Waals surface area contributed by atoms with Gasteiger partial charge in [0.2, 0.25) is 0 Å². The second-order valence-electron chi connectivity index (χ2n) is 4.94. The molecule has 0 heterocycles. The van der Waals surface area contributed by atoms with E-state index in [1.165, 1.54) is 18.1 Å². The van der Waals surface area contributed by atoms with Gasteiger partial charge in [-0.05, 0) is 52.2 Å². The minimum absolute atomic E-state index is 0.307. The zero-order valence-electron chi connectivity index (χ0n) is 12.1. The van der Waals surface area contributed by atoms with E-state index in [0.29, 0.717) is 5.56 Å². The molecule has 3 aromatic rings. The zero-order valence-corrected chi connectivity index (χ0v) is 12.1. The first kappa shape index (κ1) is 13.4. The molecular weight excluding hydrogens is 260 g/mol. The number of esters is 1. The molecule has 104 valence electrons. The van der Waals surface area contributed by atoms with Crippen molar-refractivity contribution in [3.63, 3.8) is 0 Å². The van der Waals surface area contributed by atoms with E-state index in [4.69, 9.17) is 4.74 Å². The number of allylic oxidation sites excluding steroid dienone is 1. The van der Waals surface area contributed by atoms with Gasteiger partial charge in [0.25, 0.3) is 0 Å². The monoisotopic (exact) mass is 276 g/mol. The summed E-state index contributed by atoms with van der Waals surface area (Å²) < 4.78 is 4.81. The Bertz CT molecular complexity index is 860. The molecule has 3 aromatic carbocycles. The normalized spacial score (nSPS) is 11.3. The topological polar surface area (TPSA) is 26.3 Å². The molecule has 0 aromatic heterocycles. The number of fused-ring (bicyclic) bond motifs is 3. The molecule has 0 aliphatic heterocycles. The molecule has 0 saturated carbocycles. The van der Waals surface area contributed by atoms with Crippen LogP contribution < -0.4 is 0 Å². The number of hydrogen-bond acceptors (Lipinski definition) is 2. The van der Waals surface area contributed by atoms with E-state index in [1.54, 1.807) is 0 Å². The summed E-state index contributed by atoms with van der Waals surface area (Å²) in [5.41, 5.74) is 1.76. The Labute approximate surface area is 123 Å². The van der Waals surface area contributed by atoms with E-state index in [0.717, 1.165) is 16.2 Å². The first-order valence-corrected chi connectivity index (χ1v) is 6.91. The SMILES string of the molecule is CC=Cc1cc2ccc(C(=O)OC)cc2c2ccccc12. The number of methoxy groups -OCH3 is 1. The van der Waals surface area contributed by atoms with Crippen LogP contribution in [0.15, 0.2) is 54.6 Å². The van der Waals surface area contributed by atoms with Crippen LogP contribution in [0.25, 0.3) is 27.6 Å². The summed E-state index contributed by atoms with van der Waals surface area (Å²) in [7, 11) is 1.40. The third-order valence-electron chi connectivity index (χ3n) is 3.66. The molecule has 0 spiro atoms. The van der Waals surface area contributed by atoms with E-state index in [1.807, 2.05) is 43.3 Å². The molecule has 0 fully saturated rings. The number of benzene rings is 3. The van der Waals surface area contributed by atoms with Crippen LogP contribution in [0.5, 0.6) is 0 Å². The molecular formula is C19H16O2. The minimum atomic E-state index is -0.307. The molecule has 0 N–H and O–H groups in total. The highest BCUT2D eigenvalue weighted by Crippen LogP contribution is 2.30. The van der Waals surface area contributed by atoms with Crippen molar-refractivity contribution in [3.8, 4) is 0 Å². The van der Waals surface area contributed by atoms with Gasteiger partial charge in [-0.25, -0.2) is 4.79 Å². The molecule has 0 aliphatic carbocycles. The van der Waals surface area contributed by atoms with Gasteiger partial charge in [0.1, 0.15) is 0 Å². The van der Waals surface area contributed by atoms with E-state index in [9.17, 15) is 4.79 Å². The number of ether oxygens (including phenoxy) is 1. The average Bonchev–Trinajstić information content (AvgIpc) is 2.54. The van der Waals surface area contributed by atoms with Gasteiger partial charge in [0, 0.05) is 0 Å². The highest BCUT2D eigenvalue weighted by molar-refractivity contribution is 6.12. The smallest absolute Gasteiger partial charge is 0.337 e. The van der Waals surface area contributed by atoms with Gasteiger partial charge in [-0.3, -0.25) is 0 Å². The van der Waals surface area contributed by atoms with Crippen LogP contribution in [0.1, 0.15) is 22.8 Å². The fraction of sp³-hybridized carbons (Fsp3) is 0.105. The summed E-state index contributed by atoms with van der Waals surface area (Å²) in [4.78, 5) is 11.7. The first-order valence-electron chi connectivity index (χ1n) is 6.91. The molecule has 2 nitrogen and oxygen atoms in total. The molecule has 0 saturated heterocycles. The fourth-order valence-electron chi connectivity index (χ4n) is 2.69. The maximum Gasteiger partial charge on any atom is 0.337 e. The van der Waals surface area contributed by atoms with Crippen LogP contribution in [0.4, 0.5) is 0 Å². The summed E-state index contributed by atoms with van der Waals surface area (Å²) >= 11 is 0. The van der Waals surface area contributed by atoms with Crippen molar-refractivity contribution >= 4 is 33.6 Å². The zero-order chi connectivity index (χ0) is 14.8.